The first-order valence-electron chi connectivity index (χ1n) is 6.62. The number of hydrogen-bond acceptors (Lipinski definition) is 6. The maximum atomic E-state index is 12.1. The number of hydrogen-bond donors (Lipinski definition) is 1. The van der Waals surface area contributed by atoms with E-state index >= 15 is 0 Å². The van der Waals surface area contributed by atoms with Crippen LogP contribution in [-0.2, 0) is 9.53 Å². The Kier molecular flexibility index (Phi) is 3.17. The van der Waals surface area contributed by atoms with Crippen LogP contribution in [0.15, 0.2) is 29.1 Å². The van der Waals surface area contributed by atoms with Crippen molar-refractivity contribution < 1.29 is 9.53 Å². The fraction of sp³-hybridized carbons (Fsp3) is 0.286. The molecule has 0 saturated heterocycles. The average molecular weight is 286 g/mol. The van der Waals surface area contributed by atoms with E-state index in [-0.39, 0.29) is 12.3 Å². The number of esters is 1. The van der Waals surface area contributed by atoms with Crippen molar-refractivity contribution in [2.45, 2.75) is 20.0 Å². The second kappa shape index (κ2) is 5.01. The first-order valence-corrected chi connectivity index (χ1v) is 6.62. The highest BCUT2D eigenvalue weighted by atomic mass is 16.5. The summed E-state index contributed by atoms with van der Waals surface area (Å²) in [5.74, 6) is -0.108. The fourth-order valence-corrected chi connectivity index (χ4v) is 2.24. The van der Waals surface area contributed by atoms with Crippen LogP contribution in [0.3, 0.4) is 0 Å². The summed E-state index contributed by atoms with van der Waals surface area (Å²) in [6, 6.07) is 7.31. The second-order valence-corrected chi connectivity index (χ2v) is 4.62. The average Bonchev–Trinajstić information content (AvgIpc) is 2.48. The van der Waals surface area contributed by atoms with E-state index in [9.17, 15) is 9.59 Å². The highest BCUT2D eigenvalue weighted by molar-refractivity contribution is 5.84. The molecule has 0 fully saturated rings. The number of nitrogens with zero attached hydrogens (tertiary/aromatic N) is 3. The third kappa shape index (κ3) is 2.16. The Hall–Kier alpha value is -2.70. The molecule has 0 bridgehead atoms. The summed E-state index contributed by atoms with van der Waals surface area (Å²) in [6.45, 7) is 3.56. The van der Waals surface area contributed by atoms with Crippen LogP contribution in [0.5, 0.6) is 0 Å². The quantitative estimate of drug-likeness (QED) is 0.832. The predicted molar refractivity (Wildman–Crippen MR) is 75.8 cm³/mol. The van der Waals surface area contributed by atoms with E-state index in [4.69, 9.17) is 4.74 Å². The summed E-state index contributed by atoms with van der Waals surface area (Å²) < 4.78 is 6.46. The lowest BCUT2D eigenvalue weighted by Gasteiger charge is -2.28. The monoisotopic (exact) mass is 286 g/mol. The van der Waals surface area contributed by atoms with Crippen molar-refractivity contribution in [3.63, 3.8) is 0 Å². The topological polar surface area (TPSA) is 86.1 Å². The maximum absolute atomic E-state index is 12.1. The van der Waals surface area contributed by atoms with Gasteiger partial charge >= 0.3 is 5.97 Å². The lowest BCUT2D eigenvalue weighted by Crippen LogP contribution is -2.37. The molecule has 1 aliphatic rings. The van der Waals surface area contributed by atoms with Crippen LogP contribution >= 0.6 is 0 Å². The summed E-state index contributed by atoms with van der Waals surface area (Å²) in [4.78, 5) is 27.9. The van der Waals surface area contributed by atoms with Gasteiger partial charge in [-0.2, -0.15) is 10.1 Å². The van der Waals surface area contributed by atoms with Crippen molar-refractivity contribution >= 4 is 11.7 Å². The van der Waals surface area contributed by atoms with Gasteiger partial charge < -0.3 is 10.1 Å². The van der Waals surface area contributed by atoms with Crippen LogP contribution in [0.4, 0.5) is 5.69 Å². The standard InChI is InChI=1S/C14H14N4O3/c1-3-21-14(20)12-15-10-7-5-4-6-9(10)11-16-13(19)8(2)17-18(11)12/h4-7,12,15H,3H2,1-2H3. The molecule has 0 spiro atoms. The van der Waals surface area contributed by atoms with Gasteiger partial charge in [-0.3, -0.25) is 4.79 Å². The van der Waals surface area contributed by atoms with Gasteiger partial charge in [0.15, 0.2) is 5.82 Å². The zero-order valence-electron chi connectivity index (χ0n) is 11.7. The molecule has 7 nitrogen and oxygen atoms in total. The molecule has 0 amide bonds. The minimum atomic E-state index is -0.832. The lowest BCUT2D eigenvalue weighted by molar-refractivity contribution is -0.146. The van der Waals surface area contributed by atoms with Gasteiger partial charge in [0.1, 0.15) is 5.69 Å². The van der Waals surface area contributed by atoms with E-state index in [1.54, 1.807) is 13.8 Å². The van der Waals surface area contributed by atoms with Crippen molar-refractivity contribution in [3.05, 3.63) is 40.3 Å². The molecule has 21 heavy (non-hydrogen) atoms. The van der Waals surface area contributed by atoms with Crippen LogP contribution < -0.4 is 10.9 Å². The van der Waals surface area contributed by atoms with Crippen molar-refractivity contribution in [2.75, 3.05) is 11.9 Å². The molecule has 1 aromatic carbocycles. The van der Waals surface area contributed by atoms with Crippen molar-refractivity contribution in [1.82, 2.24) is 14.8 Å². The SMILES string of the molecule is CCOC(=O)C1Nc2ccccc2-c2nc(=O)c(C)nn21. The second-order valence-electron chi connectivity index (χ2n) is 4.62. The molecule has 0 radical (unpaired) electrons. The molecule has 1 aliphatic heterocycles. The number of carbonyl (C=O) groups is 1. The minimum absolute atomic E-state index is 0.231. The number of para-hydroxylation sites is 1. The predicted octanol–water partition coefficient (Wildman–Crippen LogP) is 1.10. The zero-order valence-corrected chi connectivity index (χ0v) is 11.7. The molecule has 0 saturated carbocycles. The molecular weight excluding hydrogens is 272 g/mol. The molecule has 2 aromatic rings. The lowest BCUT2D eigenvalue weighted by atomic mass is 10.1. The molecule has 1 aromatic heterocycles. The van der Waals surface area contributed by atoms with E-state index in [1.165, 1.54) is 4.68 Å². The number of aryl methyl sites for hydroxylation is 1. The minimum Gasteiger partial charge on any atom is -0.463 e. The fourth-order valence-electron chi connectivity index (χ4n) is 2.24. The van der Waals surface area contributed by atoms with Gasteiger partial charge in [-0.1, -0.05) is 12.1 Å². The number of nitrogens with one attached hydrogen (secondary N) is 1. The van der Waals surface area contributed by atoms with E-state index in [0.717, 1.165) is 5.56 Å². The van der Waals surface area contributed by atoms with Crippen molar-refractivity contribution in [3.8, 4) is 11.4 Å². The maximum Gasteiger partial charge on any atom is 0.351 e. The first kappa shape index (κ1) is 13.3. The normalized spacial score (nSPS) is 15.6. The Morgan fingerprint density at radius 1 is 1.43 bits per heavy atom. The third-order valence-corrected chi connectivity index (χ3v) is 3.21. The molecule has 0 aliphatic carbocycles. The highest BCUT2D eigenvalue weighted by Gasteiger charge is 2.31. The van der Waals surface area contributed by atoms with Crippen molar-refractivity contribution in [1.29, 1.82) is 0 Å². The summed E-state index contributed by atoms with van der Waals surface area (Å²) in [5.41, 5.74) is 1.27. The summed E-state index contributed by atoms with van der Waals surface area (Å²) in [5, 5.41) is 7.24. The Bertz CT molecular complexity index is 769. The molecule has 108 valence electrons. The van der Waals surface area contributed by atoms with Gasteiger partial charge in [0.25, 0.3) is 5.56 Å². The molecular formula is C14H14N4O3. The van der Waals surface area contributed by atoms with E-state index < -0.39 is 17.7 Å². The van der Waals surface area contributed by atoms with E-state index in [2.05, 4.69) is 15.4 Å². The Morgan fingerprint density at radius 2 is 2.19 bits per heavy atom. The van der Waals surface area contributed by atoms with Gasteiger partial charge in [-0.05, 0) is 26.0 Å². The van der Waals surface area contributed by atoms with Gasteiger partial charge in [-0.25, -0.2) is 9.48 Å². The first-order chi connectivity index (χ1) is 10.1. The van der Waals surface area contributed by atoms with Crippen molar-refractivity contribution in [2.24, 2.45) is 0 Å². The van der Waals surface area contributed by atoms with Crippen LogP contribution in [0.2, 0.25) is 0 Å². The van der Waals surface area contributed by atoms with Gasteiger partial charge in [0.05, 0.1) is 6.61 Å². The number of ether oxygens (including phenoxy) is 1. The van der Waals surface area contributed by atoms with Gasteiger partial charge in [-0.15, -0.1) is 0 Å². The number of carbonyl (C=O) groups excluding carboxylic acids is 1. The van der Waals surface area contributed by atoms with Crippen LogP contribution in [0, 0.1) is 6.92 Å². The third-order valence-electron chi connectivity index (χ3n) is 3.21. The number of rotatable bonds is 2. The highest BCUT2D eigenvalue weighted by Crippen LogP contribution is 2.33. The van der Waals surface area contributed by atoms with Crippen LogP contribution in [0.25, 0.3) is 11.4 Å². The molecule has 1 unspecified atom stereocenters. The van der Waals surface area contributed by atoms with E-state index in [0.29, 0.717) is 11.5 Å². The zero-order chi connectivity index (χ0) is 15.0. The van der Waals surface area contributed by atoms with Crippen LogP contribution in [0.1, 0.15) is 18.8 Å². The molecule has 7 heteroatoms. The van der Waals surface area contributed by atoms with E-state index in [1.807, 2.05) is 24.3 Å². The number of anilines is 1. The van der Waals surface area contributed by atoms with Crippen LogP contribution in [-0.4, -0.2) is 27.3 Å². The largest absolute Gasteiger partial charge is 0.463 e. The summed E-state index contributed by atoms with van der Waals surface area (Å²) in [7, 11) is 0. The molecule has 1 atom stereocenters. The summed E-state index contributed by atoms with van der Waals surface area (Å²) >= 11 is 0. The van der Waals surface area contributed by atoms with Gasteiger partial charge in [0, 0.05) is 11.3 Å². The number of benzene rings is 1. The Labute approximate surface area is 120 Å². The van der Waals surface area contributed by atoms with Gasteiger partial charge in [0.2, 0.25) is 6.17 Å². The Morgan fingerprint density at radius 3 is 2.95 bits per heavy atom. The molecule has 1 N–H and O–H groups in total. The summed E-state index contributed by atoms with van der Waals surface area (Å²) in [6.07, 6.45) is -0.832. The number of fused-ring (bicyclic) bond motifs is 3. The molecule has 2 heterocycles. The molecule has 3 rings (SSSR count). The smallest absolute Gasteiger partial charge is 0.351 e. The number of aromatic nitrogens is 3. The Balaban J connectivity index is 2.21.